The fraction of sp³-hybridized carbons (Fsp3) is 0.154. The molecule has 37 heavy (non-hydrogen) atoms. The topological polar surface area (TPSA) is 96.3 Å². The maximum atomic E-state index is 14.0. The van der Waals surface area contributed by atoms with Gasteiger partial charge in [-0.2, -0.15) is 18.2 Å². The molecule has 0 aliphatic rings. The van der Waals surface area contributed by atoms with E-state index >= 15 is 0 Å². The summed E-state index contributed by atoms with van der Waals surface area (Å²) in [5.74, 6) is -0.579. The van der Waals surface area contributed by atoms with Crippen molar-refractivity contribution in [3.05, 3.63) is 90.2 Å². The van der Waals surface area contributed by atoms with Gasteiger partial charge in [-0.05, 0) is 47.5 Å². The first-order valence-corrected chi connectivity index (χ1v) is 11.3. The van der Waals surface area contributed by atoms with Crippen LogP contribution < -0.4 is 20.9 Å². The van der Waals surface area contributed by atoms with Crippen LogP contribution in [0.1, 0.15) is 11.7 Å². The number of nitrogens with zero attached hydrogens (tertiary/aromatic N) is 2. The van der Waals surface area contributed by atoms with Crippen molar-refractivity contribution in [3.63, 3.8) is 0 Å². The Morgan fingerprint density at radius 2 is 1.54 bits per heavy atom. The Kier molecular flexibility index (Phi) is 7.63. The Morgan fingerprint density at radius 3 is 2.16 bits per heavy atom. The smallest absolute Gasteiger partial charge is 0.429 e. The van der Waals surface area contributed by atoms with Gasteiger partial charge in [-0.3, -0.25) is 0 Å². The molecule has 3 aromatic carbocycles. The normalized spacial score (nSPS) is 13.1. The Morgan fingerprint density at radius 1 is 0.865 bits per heavy atom. The van der Waals surface area contributed by atoms with Crippen molar-refractivity contribution in [2.75, 3.05) is 12.3 Å². The van der Waals surface area contributed by atoms with Crippen LogP contribution in [-0.2, 0) is 0 Å². The molecule has 4 rings (SSSR count). The molecule has 0 fully saturated rings. The summed E-state index contributed by atoms with van der Waals surface area (Å²) >= 11 is 0. The van der Waals surface area contributed by atoms with Crippen LogP contribution in [0.5, 0.6) is 11.6 Å². The van der Waals surface area contributed by atoms with Gasteiger partial charge in [0.1, 0.15) is 19.4 Å². The van der Waals surface area contributed by atoms with Crippen LogP contribution in [0.15, 0.2) is 78.9 Å². The fourth-order valence-corrected chi connectivity index (χ4v) is 3.56. The number of anilines is 1. The number of ether oxygens (including phenoxy) is 2. The second kappa shape index (κ2) is 10.9. The van der Waals surface area contributed by atoms with Gasteiger partial charge >= 0.3 is 6.18 Å². The van der Waals surface area contributed by atoms with Gasteiger partial charge < -0.3 is 20.9 Å². The first-order valence-electron chi connectivity index (χ1n) is 11.3. The number of benzene rings is 3. The Labute approximate surface area is 211 Å². The van der Waals surface area contributed by atoms with Gasteiger partial charge in [0.05, 0.1) is 12.3 Å². The minimum absolute atomic E-state index is 0.139. The lowest BCUT2D eigenvalue weighted by molar-refractivity contribution is -0.198. The lowest BCUT2D eigenvalue weighted by atomic mass is 9.99. The van der Waals surface area contributed by atoms with Gasteiger partial charge in [0.2, 0.25) is 17.9 Å². The van der Waals surface area contributed by atoms with Gasteiger partial charge in [0.15, 0.2) is 0 Å². The molecule has 0 spiro atoms. The highest BCUT2D eigenvalue weighted by atomic mass is 19.4. The van der Waals surface area contributed by atoms with E-state index in [1.807, 2.05) is 7.85 Å². The molecule has 0 bridgehead atoms. The zero-order chi connectivity index (χ0) is 26.6. The number of nitrogens with two attached hydrogens (primary N) is 2. The van der Waals surface area contributed by atoms with E-state index in [1.165, 1.54) is 48.5 Å². The summed E-state index contributed by atoms with van der Waals surface area (Å²) in [5.41, 5.74) is 13.3. The predicted octanol–water partition coefficient (Wildman–Crippen LogP) is 4.51. The second-order valence-electron chi connectivity index (χ2n) is 8.43. The number of hydrogen-bond acceptors (Lipinski definition) is 6. The molecular weight excluding hydrogens is 487 g/mol. The number of hydrogen-bond donors (Lipinski definition) is 2. The van der Waals surface area contributed by atoms with E-state index in [0.717, 1.165) is 0 Å². The standard InChI is InChI=1S/C26H23BF4N4O2/c27-22(32)14-36-20-10-8-16(9-11-20)21-13-23(35-25(33)34-21)37-24(26(29,30)31)17-6-4-15(5-7-17)18-2-1-3-19(28)12-18/h1-13,22,24H,14,27,32H2,(H2,33,34,35). The lowest BCUT2D eigenvalue weighted by Gasteiger charge is -2.22. The van der Waals surface area contributed by atoms with Crippen LogP contribution in [-0.4, -0.2) is 36.5 Å². The molecule has 0 saturated carbocycles. The average molecular weight is 510 g/mol. The molecule has 4 aromatic rings. The summed E-state index contributed by atoms with van der Waals surface area (Å²) in [4.78, 5) is 7.96. The molecule has 0 aliphatic carbocycles. The number of aromatic nitrogens is 2. The summed E-state index contributed by atoms with van der Waals surface area (Å²) in [6.45, 7) is 0.333. The van der Waals surface area contributed by atoms with E-state index < -0.39 is 18.1 Å². The molecule has 1 aromatic heterocycles. The van der Waals surface area contributed by atoms with Crippen molar-refractivity contribution in [2.45, 2.75) is 18.2 Å². The number of rotatable bonds is 8. The summed E-state index contributed by atoms with van der Waals surface area (Å²) in [7, 11) is 1.81. The van der Waals surface area contributed by atoms with E-state index in [1.54, 1.807) is 30.3 Å². The maximum Gasteiger partial charge on any atom is 0.429 e. The van der Waals surface area contributed by atoms with Crippen LogP contribution in [0.25, 0.3) is 22.4 Å². The van der Waals surface area contributed by atoms with Crippen LogP contribution in [0.2, 0.25) is 0 Å². The largest absolute Gasteiger partial charge is 0.493 e. The molecule has 2 atom stereocenters. The third kappa shape index (κ3) is 6.76. The summed E-state index contributed by atoms with van der Waals surface area (Å²) < 4.78 is 66.4. The SMILES string of the molecule is BC(N)COc1ccc(-c2cc(OC(c3ccc(-c4cccc(F)c4)cc3)C(F)(F)F)nc(N)n2)cc1. The highest BCUT2D eigenvalue weighted by Crippen LogP contribution is 2.38. The minimum atomic E-state index is -4.75. The van der Waals surface area contributed by atoms with Gasteiger partial charge in [-0.1, -0.05) is 36.4 Å². The van der Waals surface area contributed by atoms with Gasteiger partial charge in [-0.15, -0.1) is 0 Å². The van der Waals surface area contributed by atoms with Crippen LogP contribution in [0.3, 0.4) is 0 Å². The van der Waals surface area contributed by atoms with E-state index in [-0.39, 0.29) is 29.0 Å². The summed E-state index contributed by atoms with van der Waals surface area (Å²) in [6.07, 6.45) is -7.07. The average Bonchev–Trinajstić information content (AvgIpc) is 2.85. The van der Waals surface area contributed by atoms with Crippen molar-refractivity contribution >= 4 is 13.8 Å². The van der Waals surface area contributed by atoms with Crippen molar-refractivity contribution in [1.29, 1.82) is 0 Å². The molecular formula is C26H23BF4N4O2. The molecule has 11 heteroatoms. The van der Waals surface area contributed by atoms with Crippen molar-refractivity contribution < 1.29 is 27.0 Å². The van der Waals surface area contributed by atoms with E-state index in [9.17, 15) is 17.6 Å². The van der Waals surface area contributed by atoms with Crippen LogP contribution in [0.4, 0.5) is 23.5 Å². The Hall–Kier alpha value is -4.12. The van der Waals surface area contributed by atoms with Gasteiger partial charge in [0, 0.05) is 23.1 Å². The summed E-state index contributed by atoms with van der Waals surface area (Å²) in [5, 5.41) is 0. The van der Waals surface area contributed by atoms with Crippen molar-refractivity contribution in [2.24, 2.45) is 5.73 Å². The van der Waals surface area contributed by atoms with Crippen LogP contribution >= 0.6 is 0 Å². The van der Waals surface area contributed by atoms with E-state index in [4.69, 9.17) is 20.9 Å². The third-order valence-electron chi connectivity index (χ3n) is 5.29. The van der Waals surface area contributed by atoms with E-state index in [0.29, 0.717) is 29.0 Å². The molecule has 190 valence electrons. The molecule has 0 aliphatic heterocycles. The van der Waals surface area contributed by atoms with Gasteiger partial charge in [0.25, 0.3) is 0 Å². The number of halogens is 4. The molecule has 1 heterocycles. The third-order valence-corrected chi connectivity index (χ3v) is 5.29. The Bertz CT molecular complexity index is 1350. The van der Waals surface area contributed by atoms with Gasteiger partial charge in [-0.25, -0.2) is 9.37 Å². The second-order valence-corrected chi connectivity index (χ2v) is 8.43. The first kappa shape index (κ1) is 26.0. The first-order chi connectivity index (χ1) is 17.6. The monoisotopic (exact) mass is 510 g/mol. The van der Waals surface area contributed by atoms with E-state index in [2.05, 4.69) is 9.97 Å². The zero-order valence-corrected chi connectivity index (χ0v) is 19.7. The Balaban J connectivity index is 1.58. The highest BCUT2D eigenvalue weighted by Gasteiger charge is 2.43. The molecule has 0 radical (unpaired) electrons. The highest BCUT2D eigenvalue weighted by molar-refractivity contribution is 6.11. The zero-order valence-electron chi connectivity index (χ0n) is 19.7. The number of alkyl halides is 3. The molecule has 0 saturated heterocycles. The summed E-state index contributed by atoms with van der Waals surface area (Å²) in [6, 6.07) is 19.3. The van der Waals surface area contributed by atoms with Crippen LogP contribution in [0, 0.1) is 5.82 Å². The minimum Gasteiger partial charge on any atom is -0.493 e. The predicted molar refractivity (Wildman–Crippen MR) is 135 cm³/mol. The maximum absolute atomic E-state index is 14.0. The number of nitrogen functional groups attached to an aromatic ring is 1. The fourth-order valence-electron chi connectivity index (χ4n) is 3.56. The lowest BCUT2D eigenvalue weighted by Crippen LogP contribution is -2.27. The molecule has 2 unspecified atom stereocenters. The molecule has 4 N–H and O–H groups in total. The van der Waals surface area contributed by atoms with Crippen molar-refractivity contribution in [3.8, 4) is 34.0 Å². The molecule has 6 nitrogen and oxygen atoms in total. The molecule has 0 amide bonds. The quantitative estimate of drug-likeness (QED) is 0.268. The van der Waals surface area contributed by atoms with Crippen molar-refractivity contribution in [1.82, 2.24) is 9.97 Å².